The molecular formula is C34H35F4N5O. The van der Waals surface area contributed by atoms with E-state index in [9.17, 15) is 18.0 Å². The molecule has 2 unspecified atom stereocenters. The molecule has 2 atom stereocenters. The Morgan fingerprint density at radius 2 is 1.64 bits per heavy atom. The maximum atomic E-state index is 16.7. The third-order valence-electron chi connectivity index (χ3n) is 11.5. The molecule has 10 rings (SSSR count). The Kier molecular flexibility index (Phi) is 6.17. The molecule has 2 N–H and O–H groups in total. The van der Waals surface area contributed by atoms with Crippen LogP contribution >= 0.6 is 0 Å². The first-order valence-corrected chi connectivity index (χ1v) is 15.8. The van der Waals surface area contributed by atoms with Gasteiger partial charge in [0, 0.05) is 46.2 Å². The summed E-state index contributed by atoms with van der Waals surface area (Å²) in [6, 6.07) is 9.65. The maximum absolute atomic E-state index is 16.7. The highest BCUT2D eigenvalue weighted by Gasteiger charge is 2.64. The molecule has 230 valence electrons. The molecule has 1 amide bonds. The van der Waals surface area contributed by atoms with Crippen molar-refractivity contribution in [2.75, 3.05) is 5.32 Å². The SMILES string of the molecule is O=C(NC(c1cccc(Nc2ncc(C3CC3)cn2)c1)C12CCC(c3ccc(C(F)(F)F)cn3)(CC1)CC2F)C12CC(C1)C2. The first kappa shape index (κ1) is 28.0. The Bertz CT molecular complexity index is 1560. The van der Waals surface area contributed by atoms with Crippen LogP contribution in [0, 0.1) is 16.7 Å². The van der Waals surface area contributed by atoms with Crippen LogP contribution in [0.3, 0.4) is 0 Å². The molecular weight excluding hydrogens is 570 g/mol. The second kappa shape index (κ2) is 9.72. The van der Waals surface area contributed by atoms with Crippen molar-refractivity contribution in [1.29, 1.82) is 0 Å². The summed E-state index contributed by atoms with van der Waals surface area (Å²) in [5.41, 5.74) is 0.692. The molecule has 1 aromatic carbocycles. The number of aromatic nitrogens is 3. The monoisotopic (exact) mass is 605 g/mol. The zero-order valence-corrected chi connectivity index (χ0v) is 24.3. The van der Waals surface area contributed by atoms with Crippen LogP contribution in [0.2, 0.25) is 0 Å². The van der Waals surface area contributed by atoms with E-state index in [1.807, 2.05) is 36.7 Å². The van der Waals surface area contributed by atoms with E-state index in [2.05, 4.69) is 25.6 Å². The predicted molar refractivity (Wildman–Crippen MR) is 156 cm³/mol. The number of nitrogens with one attached hydrogen (secondary N) is 2. The highest BCUT2D eigenvalue weighted by Crippen LogP contribution is 2.66. The van der Waals surface area contributed by atoms with Gasteiger partial charge in [-0.05, 0) is 111 Å². The van der Waals surface area contributed by atoms with Gasteiger partial charge in [-0.3, -0.25) is 9.78 Å². The second-order valence-corrected chi connectivity index (χ2v) is 14.1. The van der Waals surface area contributed by atoms with E-state index in [1.165, 1.54) is 18.9 Å². The lowest BCUT2D eigenvalue weighted by atomic mass is 9.44. The van der Waals surface area contributed by atoms with Gasteiger partial charge in [0.25, 0.3) is 0 Å². The Hall–Kier alpha value is -3.56. The molecule has 4 bridgehead atoms. The van der Waals surface area contributed by atoms with Gasteiger partial charge in [-0.25, -0.2) is 14.4 Å². The van der Waals surface area contributed by atoms with E-state index < -0.39 is 34.8 Å². The summed E-state index contributed by atoms with van der Waals surface area (Å²) < 4.78 is 56.2. The minimum Gasteiger partial charge on any atom is -0.348 e. The van der Waals surface area contributed by atoms with Crippen molar-refractivity contribution in [3.63, 3.8) is 0 Å². The molecule has 0 aliphatic heterocycles. The number of amides is 1. The van der Waals surface area contributed by atoms with E-state index in [0.29, 0.717) is 49.2 Å². The van der Waals surface area contributed by atoms with E-state index in [1.54, 1.807) is 0 Å². The number of halogens is 4. The molecule has 7 saturated carbocycles. The number of carbonyl (C=O) groups is 1. The molecule has 0 spiro atoms. The van der Waals surface area contributed by atoms with Crippen molar-refractivity contribution >= 4 is 17.5 Å². The number of rotatable bonds is 8. The zero-order valence-electron chi connectivity index (χ0n) is 24.3. The number of benzene rings is 1. The van der Waals surface area contributed by atoms with Crippen LogP contribution in [0.15, 0.2) is 55.0 Å². The van der Waals surface area contributed by atoms with Crippen molar-refractivity contribution in [2.24, 2.45) is 16.7 Å². The van der Waals surface area contributed by atoms with Gasteiger partial charge < -0.3 is 10.6 Å². The normalized spacial score (nSPS) is 32.7. The van der Waals surface area contributed by atoms with Crippen LogP contribution in [0.25, 0.3) is 0 Å². The molecule has 2 aromatic heterocycles. The smallest absolute Gasteiger partial charge is 0.348 e. The van der Waals surface area contributed by atoms with Crippen LogP contribution in [0.4, 0.5) is 29.2 Å². The molecule has 10 heteroatoms. The minimum absolute atomic E-state index is 0.00996. The molecule has 7 fully saturated rings. The molecule has 0 saturated heterocycles. The Morgan fingerprint density at radius 3 is 2.20 bits per heavy atom. The van der Waals surface area contributed by atoms with Crippen molar-refractivity contribution in [1.82, 2.24) is 20.3 Å². The van der Waals surface area contributed by atoms with E-state index in [4.69, 9.17) is 0 Å². The lowest BCUT2D eigenvalue weighted by Crippen LogP contribution is -2.63. The highest BCUT2D eigenvalue weighted by molar-refractivity contribution is 5.86. The number of fused-ring (bicyclic) bond motifs is 3. The molecule has 7 aliphatic carbocycles. The van der Waals surface area contributed by atoms with Gasteiger partial charge in [0.2, 0.25) is 11.9 Å². The summed E-state index contributed by atoms with van der Waals surface area (Å²) in [5.74, 6) is 1.68. The number of carbonyl (C=O) groups excluding carboxylic acids is 1. The van der Waals surface area contributed by atoms with E-state index >= 15 is 4.39 Å². The van der Waals surface area contributed by atoms with Crippen molar-refractivity contribution in [3.05, 3.63) is 77.4 Å². The fourth-order valence-corrected chi connectivity index (χ4v) is 8.52. The standard InChI is InChI=1S/C34H35F4N5O/c35-26-16-31(27-7-6-24(19-39-27)34(36,37)38)8-10-33(26,11-9-31)28(43-29(44)32-13-20(14-32)15-32)22-2-1-3-25(12-22)42-30-40-17-23(18-41-30)21-4-5-21/h1-3,6-7,12,17-21,26,28H,4-5,8-11,13-16H2,(H,43,44)(H,40,41,42). The molecule has 3 aromatic rings. The number of nitrogens with zero attached hydrogens (tertiary/aromatic N) is 3. The Morgan fingerprint density at radius 1 is 0.909 bits per heavy atom. The molecule has 44 heavy (non-hydrogen) atoms. The van der Waals surface area contributed by atoms with Crippen LogP contribution in [-0.2, 0) is 16.4 Å². The summed E-state index contributed by atoms with van der Waals surface area (Å²) in [5, 5.41) is 6.63. The minimum atomic E-state index is -4.47. The summed E-state index contributed by atoms with van der Waals surface area (Å²) in [4.78, 5) is 26.9. The van der Waals surface area contributed by atoms with Gasteiger partial charge in [-0.2, -0.15) is 13.2 Å². The Balaban J connectivity index is 1.08. The average molecular weight is 606 g/mol. The first-order chi connectivity index (χ1) is 21.1. The molecule has 0 radical (unpaired) electrons. The van der Waals surface area contributed by atoms with Gasteiger partial charge in [-0.1, -0.05) is 12.1 Å². The van der Waals surface area contributed by atoms with Gasteiger partial charge in [-0.15, -0.1) is 0 Å². The molecule has 7 aliphatic rings. The highest BCUT2D eigenvalue weighted by atomic mass is 19.4. The largest absolute Gasteiger partial charge is 0.417 e. The summed E-state index contributed by atoms with van der Waals surface area (Å²) >= 11 is 0. The predicted octanol–water partition coefficient (Wildman–Crippen LogP) is 7.71. The van der Waals surface area contributed by atoms with E-state index in [-0.39, 0.29) is 17.7 Å². The number of anilines is 2. The number of hydrogen-bond acceptors (Lipinski definition) is 5. The zero-order chi connectivity index (χ0) is 30.3. The fraction of sp³-hybridized carbons (Fsp3) is 0.529. The third-order valence-corrected chi connectivity index (χ3v) is 11.5. The van der Waals surface area contributed by atoms with Crippen LogP contribution in [-0.4, -0.2) is 27.0 Å². The molecule has 6 nitrogen and oxygen atoms in total. The number of pyridine rings is 1. The number of alkyl halides is 4. The first-order valence-electron chi connectivity index (χ1n) is 15.8. The number of hydrogen-bond donors (Lipinski definition) is 2. The second-order valence-electron chi connectivity index (χ2n) is 14.1. The lowest BCUT2D eigenvalue weighted by Gasteiger charge is -2.62. The van der Waals surface area contributed by atoms with Gasteiger partial charge in [0.1, 0.15) is 6.17 Å². The van der Waals surface area contributed by atoms with Gasteiger partial charge >= 0.3 is 6.18 Å². The van der Waals surface area contributed by atoms with Crippen LogP contribution in [0.1, 0.15) is 98.6 Å². The van der Waals surface area contributed by atoms with Crippen LogP contribution < -0.4 is 10.6 Å². The maximum Gasteiger partial charge on any atom is 0.417 e. The van der Waals surface area contributed by atoms with Crippen molar-refractivity contribution < 1.29 is 22.4 Å². The van der Waals surface area contributed by atoms with Crippen molar-refractivity contribution in [2.45, 2.75) is 93.9 Å². The summed E-state index contributed by atoms with van der Waals surface area (Å²) in [6.45, 7) is 0. The quantitative estimate of drug-likeness (QED) is 0.257. The fourth-order valence-electron chi connectivity index (χ4n) is 8.52. The van der Waals surface area contributed by atoms with Crippen LogP contribution in [0.5, 0.6) is 0 Å². The average Bonchev–Trinajstić information content (AvgIpc) is 3.81. The van der Waals surface area contributed by atoms with Gasteiger partial charge in [0.15, 0.2) is 0 Å². The Labute approximate surface area is 253 Å². The summed E-state index contributed by atoms with van der Waals surface area (Å²) in [6.07, 6.45) is 6.27. The topological polar surface area (TPSA) is 79.8 Å². The molecule has 2 heterocycles. The summed E-state index contributed by atoms with van der Waals surface area (Å²) in [7, 11) is 0. The third kappa shape index (κ3) is 4.50. The lowest BCUT2D eigenvalue weighted by molar-refractivity contribution is -0.169. The van der Waals surface area contributed by atoms with Gasteiger partial charge in [0.05, 0.1) is 11.6 Å². The van der Waals surface area contributed by atoms with Crippen molar-refractivity contribution in [3.8, 4) is 0 Å². The van der Waals surface area contributed by atoms with E-state index in [0.717, 1.165) is 48.3 Å².